The number of aryl methyl sites for hydroxylation is 1. The van der Waals surface area contributed by atoms with Gasteiger partial charge in [0, 0.05) is 41.8 Å². The number of rotatable bonds is 6. The second kappa shape index (κ2) is 8.07. The average molecular weight is 405 g/mol. The number of hydrazone groups is 1. The number of aromatic nitrogens is 4. The van der Waals surface area contributed by atoms with Crippen LogP contribution in [0, 0.1) is 10.1 Å². The van der Waals surface area contributed by atoms with Crippen molar-refractivity contribution in [1.82, 2.24) is 19.7 Å². The van der Waals surface area contributed by atoms with E-state index in [2.05, 4.69) is 25.7 Å². The van der Waals surface area contributed by atoms with Crippen LogP contribution in [0.25, 0.3) is 10.8 Å². The highest BCUT2D eigenvalue weighted by Gasteiger charge is 2.17. The van der Waals surface area contributed by atoms with Crippen molar-refractivity contribution >= 4 is 40.3 Å². The molecule has 0 aliphatic heterocycles. The van der Waals surface area contributed by atoms with Gasteiger partial charge in [0.05, 0.1) is 22.2 Å². The number of nitrogens with one attached hydrogen (secondary N) is 1. The van der Waals surface area contributed by atoms with Crippen molar-refractivity contribution in [2.45, 2.75) is 10.1 Å². The van der Waals surface area contributed by atoms with Crippen LogP contribution in [-0.2, 0) is 7.05 Å². The summed E-state index contributed by atoms with van der Waals surface area (Å²) in [6.45, 7) is 0. The van der Waals surface area contributed by atoms with E-state index in [1.165, 1.54) is 24.0 Å². The van der Waals surface area contributed by atoms with Crippen LogP contribution >= 0.6 is 11.8 Å². The molecule has 0 fully saturated rings. The predicted octanol–water partition coefficient (Wildman–Crippen LogP) is 3.87. The fourth-order valence-electron chi connectivity index (χ4n) is 2.67. The number of anilines is 1. The lowest BCUT2D eigenvalue weighted by atomic mass is 10.2. The molecular weight excluding hydrogens is 390 g/mol. The fraction of sp³-hybridized carbons (Fsp3) is 0.0526. The van der Waals surface area contributed by atoms with Crippen molar-refractivity contribution in [3.8, 4) is 0 Å². The van der Waals surface area contributed by atoms with Gasteiger partial charge in [0.15, 0.2) is 11.0 Å². The quantitative estimate of drug-likeness (QED) is 0.294. The molecule has 0 spiro atoms. The van der Waals surface area contributed by atoms with Crippen molar-refractivity contribution in [1.29, 1.82) is 0 Å². The molecule has 2 heterocycles. The number of nitro groups is 1. The van der Waals surface area contributed by atoms with Crippen molar-refractivity contribution in [3.63, 3.8) is 0 Å². The van der Waals surface area contributed by atoms with E-state index in [0.717, 1.165) is 10.8 Å². The van der Waals surface area contributed by atoms with Gasteiger partial charge in [-0.25, -0.2) is 4.98 Å². The van der Waals surface area contributed by atoms with E-state index in [1.807, 2.05) is 31.3 Å². The summed E-state index contributed by atoms with van der Waals surface area (Å²) in [6, 6.07) is 12.6. The Kier molecular flexibility index (Phi) is 5.16. The molecule has 29 heavy (non-hydrogen) atoms. The number of nitro benzene ring substituents is 1. The molecule has 4 rings (SSSR count). The largest absolute Gasteiger partial charge is 0.329 e. The van der Waals surface area contributed by atoms with Crippen molar-refractivity contribution in [3.05, 3.63) is 76.7 Å². The second-order valence-electron chi connectivity index (χ2n) is 6.06. The molecule has 2 aromatic heterocycles. The Bertz CT molecular complexity index is 1220. The van der Waals surface area contributed by atoms with Gasteiger partial charge in [-0.3, -0.25) is 15.5 Å². The maximum absolute atomic E-state index is 11.5. The molecule has 0 amide bonds. The first-order valence-corrected chi connectivity index (χ1v) is 9.36. The fourth-order valence-corrected chi connectivity index (χ4v) is 3.56. The SMILES string of the molecule is Cn1ccnc1Sc1ccc(/C=N/Nc2nncc3ccccc23)cc1[N+](=O)[O-]. The van der Waals surface area contributed by atoms with Crippen LogP contribution in [0.2, 0.25) is 0 Å². The number of imidazole rings is 1. The van der Waals surface area contributed by atoms with Crippen molar-refractivity contribution < 1.29 is 4.92 Å². The first-order valence-electron chi connectivity index (χ1n) is 8.55. The zero-order chi connectivity index (χ0) is 20.2. The number of fused-ring (bicyclic) bond motifs is 1. The summed E-state index contributed by atoms with van der Waals surface area (Å²) in [5, 5.41) is 26.2. The third-order valence-electron chi connectivity index (χ3n) is 4.11. The van der Waals surface area contributed by atoms with Crippen LogP contribution in [0.15, 0.2) is 76.2 Å². The molecule has 2 aromatic carbocycles. The lowest BCUT2D eigenvalue weighted by Gasteiger charge is -2.05. The molecular formula is C19H15N7O2S. The van der Waals surface area contributed by atoms with Crippen molar-refractivity contribution in [2.24, 2.45) is 12.1 Å². The van der Waals surface area contributed by atoms with Gasteiger partial charge < -0.3 is 4.57 Å². The predicted molar refractivity (Wildman–Crippen MR) is 111 cm³/mol. The lowest BCUT2D eigenvalue weighted by molar-refractivity contribution is -0.387. The molecule has 0 aliphatic rings. The highest BCUT2D eigenvalue weighted by Crippen LogP contribution is 2.34. The molecule has 0 radical (unpaired) electrons. The topological polar surface area (TPSA) is 111 Å². The summed E-state index contributed by atoms with van der Waals surface area (Å²) in [7, 11) is 1.84. The Morgan fingerprint density at radius 2 is 2.14 bits per heavy atom. The van der Waals surface area contributed by atoms with E-state index < -0.39 is 4.92 Å². The number of hydrogen-bond donors (Lipinski definition) is 1. The Morgan fingerprint density at radius 1 is 1.28 bits per heavy atom. The summed E-state index contributed by atoms with van der Waals surface area (Å²) in [5.41, 5.74) is 3.43. The Labute approximate surface area is 169 Å². The third kappa shape index (κ3) is 4.06. The minimum absolute atomic E-state index is 0.00750. The molecule has 0 unspecified atom stereocenters. The monoisotopic (exact) mass is 405 g/mol. The summed E-state index contributed by atoms with van der Waals surface area (Å²) < 4.78 is 1.80. The van der Waals surface area contributed by atoms with Gasteiger partial charge in [-0.05, 0) is 17.8 Å². The van der Waals surface area contributed by atoms with Crippen LogP contribution in [0.1, 0.15) is 5.56 Å². The maximum Gasteiger partial charge on any atom is 0.283 e. The van der Waals surface area contributed by atoms with Crippen LogP contribution in [0.3, 0.4) is 0 Å². The smallest absolute Gasteiger partial charge is 0.283 e. The zero-order valence-corrected chi connectivity index (χ0v) is 16.1. The minimum Gasteiger partial charge on any atom is -0.329 e. The molecule has 0 bridgehead atoms. The lowest BCUT2D eigenvalue weighted by Crippen LogP contribution is -1.98. The van der Waals surface area contributed by atoms with Crippen molar-refractivity contribution in [2.75, 3.05) is 5.43 Å². The van der Waals surface area contributed by atoms with Gasteiger partial charge in [-0.2, -0.15) is 10.2 Å². The normalized spacial score (nSPS) is 11.2. The molecule has 10 heteroatoms. The van der Waals surface area contributed by atoms with E-state index in [1.54, 1.807) is 35.3 Å². The van der Waals surface area contributed by atoms with Gasteiger partial charge in [0.25, 0.3) is 5.69 Å². The summed E-state index contributed by atoms with van der Waals surface area (Å²) in [6.07, 6.45) is 6.62. The Morgan fingerprint density at radius 3 is 2.93 bits per heavy atom. The Hall–Kier alpha value is -3.79. The highest BCUT2D eigenvalue weighted by molar-refractivity contribution is 7.99. The maximum atomic E-state index is 11.5. The molecule has 0 saturated carbocycles. The number of hydrogen-bond acceptors (Lipinski definition) is 8. The van der Waals surface area contributed by atoms with Crippen LogP contribution in [0.4, 0.5) is 11.5 Å². The third-order valence-corrected chi connectivity index (χ3v) is 5.25. The summed E-state index contributed by atoms with van der Waals surface area (Å²) in [4.78, 5) is 15.8. The molecule has 0 aliphatic carbocycles. The van der Waals surface area contributed by atoms with E-state index >= 15 is 0 Å². The van der Waals surface area contributed by atoms with E-state index in [9.17, 15) is 10.1 Å². The molecule has 144 valence electrons. The van der Waals surface area contributed by atoms with Crippen LogP contribution in [-0.4, -0.2) is 30.9 Å². The van der Waals surface area contributed by atoms with Gasteiger partial charge in [-0.1, -0.05) is 30.3 Å². The standard InChI is InChI=1S/C19H15N7O2S/c1-25-9-8-20-19(25)29-17-7-6-13(10-16(17)26(27)28)11-21-23-18-15-5-3-2-4-14(15)12-22-24-18/h2-12H,1H3,(H,23,24)/b21-11+. The summed E-state index contributed by atoms with van der Waals surface area (Å²) >= 11 is 1.24. The average Bonchev–Trinajstić information content (AvgIpc) is 3.13. The van der Waals surface area contributed by atoms with Gasteiger partial charge >= 0.3 is 0 Å². The second-order valence-corrected chi connectivity index (χ2v) is 7.07. The molecule has 9 nitrogen and oxygen atoms in total. The highest BCUT2D eigenvalue weighted by atomic mass is 32.2. The molecule has 0 saturated heterocycles. The van der Waals surface area contributed by atoms with E-state index in [-0.39, 0.29) is 5.69 Å². The molecule has 1 N–H and O–H groups in total. The van der Waals surface area contributed by atoms with E-state index in [0.29, 0.717) is 21.4 Å². The van der Waals surface area contributed by atoms with Gasteiger partial charge in [0.2, 0.25) is 0 Å². The zero-order valence-electron chi connectivity index (χ0n) is 15.3. The van der Waals surface area contributed by atoms with Crippen LogP contribution in [0.5, 0.6) is 0 Å². The van der Waals surface area contributed by atoms with E-state index in [4.69, 9.17) is 0 Å². The molecule has 0 atom stereocenters. The molecule has 4 aromatic rings. The summed E-state index contributed by atoms with van der Waals surface area (Å²) in [5.74, 6) is 0.510. The minimum atomic E-state index is -0.410. The first kappa shape index (κ1) is 18.6. The van der Waals surface area contributed by atoms with Gasteiger partial charge in [-0.15, -0.1) is 5.10 Å². The first-order chi connectivity index (χ1) is 14.1. The number of benzene rings is 2. The number of nitrogens with zero attached hydrogens (tertiary/aromatic N) is 6. The van der Waals surface area contributed by atoms with Gasteiger partial charge in [0.1, 0.15) is 0 Å². The Balaban J connectivity index is 1.56. The van der Waals surface area contributed by atoms with Crippen LogP contribution < -0.4 is 5.43 Å².